The van der Waals surface area contributed by atoms with Crippen molar-refractivity contribution in [2.75, 3.05) is 17.9 Å². The smallest absolute Gasteiger partial charge is 0.492 e. The number of hydrogen-bond donors (Lipinski definition) is 6. The van der Waals surface area contributed by atoms with E-state index in [2.05, 4.69) is 20.9 Å². The molecule has 12 heteroatoms. The number of hydrogen-bond acceptors (Lipinski definition) is 10. The third-order valence-electron chi connectivity index (χ3n) is 5.00. The summed E-state index contributed by atoms with van der Waals surface area (Å²) in [6.45, 7) is 0.158. The highest BCUT2D eigenvalue weighted by atomic mass is 16.6. The van der Waals surface area contributed by atoms with E-state index in [1.54, 1.807) is 54.6 Å². The third-order valence-corrected chi connectivity index (χ3v) is 5.00. The number of carbonyl (C=O) groups excluding carboxylic acids is 1. The molecule has 0 aliphatic rings. The van der Waals surface area contributed by atoms with Gasteiger partial charge in [0.15, 0.2) is 11.0 Å². The van der Waals surface area contributed by atoms with Gasteiger partial charge in [0.05, 0.1) is 29.7 Å². The highest BCUT2D eigenvalue weighted by Gasteiger charge is 2.19. The normalized spacial score (nSPS) is 10.7. The minimum absolute atomic E-state index is 0.158. The summed E-state index contributed by atoms with van der Waals surface area (Å²) in [5.74, 6) is -0.00567. The molecule has 0 aliphatic heterocycles. The minimum atomic E-state index is -1.70. The van der Waals surface area contributed by atoms with E-state index in [1.807, 2.05) is 5.48 Å². The Hall–Kier alpha value is -4.13. The van der Waals surface area contributed by atoms with Crippen LogP contribution < -0.4 is 26.3 Å². The van der Waals surface area contributed by atoms with Crippen molar-refractivity contribution in [2.45, 2.75) is 6.54 Å². The van der Waals surface area contributed by atoms with E-state index in [1.165, 1.54) is 7.11 Å². The van der Waals surface area contributed by atoms with Crippen LogP contribution >= 0.6 is 0 Å². The van der Waals surface area contributed by atoms with E-state index in [0.29, 0.717) is 45.0 Å². The van der Waals surface area contributed by atoms with Crippen LogP contribution in [0.3, 0.4) is 0 Å². The van der Waals surface area contributed by atoms with Gasteiger partial charge in [-0.15, -0.1) is 0 Å². The van der Waals surface area contributed by atoms with Gasteiger partial charge >= 0.3 is 7.12 Å². The number of anilines is 3. The van der Waals surface area contributed by atoms with Crippen molar-refractivity contribution in [3.8, 4) is 5.75 Å². The van der Waals surface area contributed by atoms with Crippen molar-refractivity contribution in [2.24, 2.45) is 0 Å². The molecule has 0 fully saturated rings. The molecular weight excluding hydrogens is 429 g/mol. The molecule has 33 heavy (non-hydrogen) atoms. The molecule has 3 aromatic carbocycles. The fourth-order valence-electron chi connectivity index (χ4n) is 3.37. The molecule has 0 spiro atoms. The summed E-state index contributed by atoms with van der Waals surface area (Å²) in [6, 6.07) is 15.1. The number of amides is 1. The molecule has 4 rings (SSSR count). The molecule has 168 valence electrons. The van der Waals surface area contributed by atoms with E-state index in [9.17, 15) is 20.0 Å². The van der Waals surface area contributed by atoms with E-state index in [-0.39, 0.29) is 17.9 Å². The molecule has 0 unspecified atom stereocenters. The summed E-state index contributed by atoms with van der Waals surface area (Å²) < 4.78 is 9.90. The van der Waals surface area contributed by atoms with Gasteiger partial charge in [-0.25, -0.2) is 4.63 Å². The Morgan fingerprint density at radius 2 is 1.76 bits per heavy atom. The van der Waals surface area contributed by atoms with Crippen molar-refractivity contribution in [3.63, 3.8) is 0 Å². The van der Waals surface area contributed by atoms with Crippen LogP contribution in [-0.2, 0) is 6.54 Å². The Labute approximate surface area is 188 Å². The maximum absolute atomic E-state index is 12.9. The number of ether oxygens (including phenoxy) is 1. The lowest BCUT2D eigenvalue weighted by atomic mass is 9.78. The lowest BCUT2D eigenvalue weighted by molar-refractivity contribution is 0.0951. The van der Waals surface area contributed by atoms with E-state index >= 15 is 0 Å². The van der Waals surface area contributed by atoms with Crippen molar-refractivity contribution >= 4 is 46.6 Å². The standard InChI is InChI=1S/C21H20BN5O6/c1-32-18-9-6-12(10-14(18)22(29)30)11-23-21(28)13-4-2-3-5-15(13)24-16-7-8-17(25-31)20-19(16)26-33-27-20/h2-10,24-25,29-31H,11H2,1H3,(H,23,28). The lowest BCUT2D eigenvalue weighted by Gasteiger charge is -2.14. The van der Waals surface area contributed by atoms with Crippen LogP contribution in [0.2, 0.25) is 0 Å². The largest absolute Gasteiger partial charge is 0.497 e. The summed E-state index contributed by atoms with van der Waals surface area (Å²) in [5.41, 5.74) is 5.36. The number of para-hydroxylation sites is 1. The summed E-state index contributed by atoms with van der Waals surface area (Å²) in [7, 11) is -0.264. The summed E-state index contributed by atoms with van der Waals surface area (Å²) in [5, 5.41) is 41.9. The van der Waals surface area contributed by atoms with Gasteiger partial charge in [-0.2, -0.15) is 0 Å². The molecule has 0 atom stereocenters. The van der Waals surface area contributed by atoms with Crippen molar-refractivity contribution in [1.29, 1.82) is 0 Å². The number of rotatable bonds is 8. The number of aromatic nitrogens is 2. The molecule has 1 aromatic heterocycles. The molecule has 4 aromatic rings. The minimum Gasteiger partial charge on any atom is -0.497 e. The Bertz CT molecular complexity index is 1300. The van der Waals surface area contributed by atoms with E-state index in [4.69, 9.17) is 9.37 Å². The Morgan fingerprint density at radius 3 is 2.48 bits per heavy atom. The predicted octanol–water partition coefficient (Wildman–Crippen LogP) is 1.39. The summed E-state index contributed by atoms with van der Waals surface area (Å²) >= 11 is 0. The van der Waals surface area contributed by atoms with Gasteiger partial charge in [0, 0.05) is 12.0 Å². The number of nitrogens with zero attached hydrogens (tertiary/aromatic N) is 2. The zero-order chi connectivity index (χ0) is 23.4. The van der Waals surface area contributed by atoms with Gasteiger partial charge in [0.2, 0.25) is 0 Å². The van der Waals surface area contributed by atoms with Crippen molar-refractivity contribution < 1.29 is 29.4 Å². The first-order valence-corrected chi connectivity index (χ1v) is 9.84. The quantitative estimate of drug-likeness (QED) is 0.171. The number of nitrogens with one attached hydrogen (secondary N) is 3. The predicted molar refractivity (Wildman–Crippen MR) is 121 cm³/mol. The molecular formula is C21H20BN5O6. The van der Waals surface area contributed by atoms with Crippen LogP contribution in [0.1, 0.15) is 15.9 Å². The van der Waals surface area contributed by atoms with Crippen LogP contribution in [0.4, 0.5) is 17.1 Å². The third kappa shape index (κ3) is 4.57. The second-order valence-electron chi connectivity index (χ2n) is 7.04. The Balaban J connectivity index is 1.54. The first kappa shape index (κ1) is 22.1. The van der Waals surface area contributed by atoms with Gasteiger partial charge in [-0.1, -0.05) is 24.3 Å². The molecule has 0 saturated heterocycles. The molecule has 0 aliphatic carbocycles. The summed E-state index contributed by atoms with van der Waals surface area (Å²) in [4.78, 5) is 12.9. The average molecular weight is 449 g/mol. The number of benzene rings is 3. The Morgan fingerprint density at radius 1 is 1.03 bits per heavy atom. The summed E-state index contributed by atoms with van der Waals surface area (Å²) in [6.07, 6.45) is 0. The maximum Gasteiger partial charge on any atom is 0.492 e. The topological polar surface area (TPSA) is 162 Å². The zero-order valence-electron chi connectivity index (χ0n) is 17.4. The second kappa shape index (κ2) is 9.57. The van der Waals surface area contributed by atoms with Crippen molar-refractivity contribution in [3.05, 3.63) is 65.7 Å². The van der Waals surface area contributed by atoms with Crippen molar-refractivity contribution in [1.82, 2.24) is 15.6 Å². The van der Waals surface area contributed by atoms with Crippen LogP contribution in [-0.4, -0.2) is 45.7 Å². The number of methoxy groups -OCH3 is 1. The molecule has 0 saturated carbocycles. The maximum atomic E-state index is 12.9. The molecule has 6 N–H and O–H groups in total. The van der Waals surface area contributed by atoms with Crippen LogP contribution in [0.5, 0.6) is 5.75 Å². The number of carbonyl (C=O) groups is 1. The Kier molecular flexibility index (Phi) is 6.40. The van der Waals surface area contributed by atoms with Gasteiger partial charge in [0.25, 0.3) is 5.91 Å². The van der Waals surface area contributed by atoms with Crippen LogP contribution in [0, 0.1) is 0 Å². The monoisotopic (exact) mass is 449 g/mol. The van der Waals surface area contributed by atoms with E-state index < -0.39 is 7.12 Å². The first-order chi connectivity index (χ1) is 16.0. The van der Waals surface area contributed by atoms with E-state index in [0.717, 1.165) is 0 Å². The SMILES string of the molecule is COc1ccc(CNC(=O)c2ccccc2Nc2ccc(NO)c3nonc23)cc1B(O)O. The fraction of sp³-hybridized carbons (Fsp3) is 0.0952. The molecule has 0 bridgehead atoms. The van der Waals surface area contributed by atoms with Crippen LogP contribution in [0.25, 0.3) is 11.0 Å². The highest BCUT2D eigenvalue weighted by molar-refractivity contribution is 6.59. The number of fused-ring (bicyclic) bond motifs is 1. The average Bonchev–Trinajstić information content (AvgIpc) is 3.33. The van der Waals surface area contributed by atoms with Crippen LogP contribution in [0.15, 0.2) is 59.2 Å². The molecule has 1 heterocycles. The van der Waals surface area contributed by atoms with Gasteiger partial charge in [-0.05, 0) is 46.2 Å². The second-order valence-corrected chi connectivity index (χ2v) is 7.04. The first-order valence-electron chi connectivity index (χ1n) is 9.84. The van der Waals surface area contributed by atoms with Gasteiger partial charge in [0.1, 0.15) is 5.75 Å². The highest BCUT2D eigenvalue weighted by Crippen LogP contribution is 2.30. The lowest BCUT2D eigenvalue weighted by Crippen LogP contribution is -2.32. The van der Waals surface area contributed by atoms with Gasteiger partial charge in [-0.3, -0.25) is 15.5 Å². The molecule has 11 nitrogen and oxygen atoms in total. The zero-order valence-corrected chi connectivity index (χ0v) is 17.4. The molecule has 0 radical (unpaired) electrons. The van der Waals surface area contributed by atoms with Gasteiger partial charge < -0.3 is 25.4 Å². The fourth-order valence-corrected chi connectivity index (χ4v) is 3.37. The molecule has 1 amide bonds.